The Labute approximate surface area is 79.1 Å². The molecule has 14 heavy (non-hydrogen) atoms. The van der Waals surface area contributed by atoms with Crippen molar-refractivity contribution in [1.29, 1.82) is 0 Å². The van der Waals surface area contributed by atoms with Crippen molar-refractivity contribution < 1.29 is 14.8 Å². The molecule has 1 rings (SSSR count). The lowest BCUT2D eigenvalue weighted by atomic mass is 10.4. The van der Waals surface area contributed by atoms with E-state index >= 15 is 0 Å². The van der Waals surface area contributed by atoms with Gasteiger partial charge in [0.25, 0.3) is 0 Å². The number of carboxylic acid groups (broad SMARTS) is 1. The maximum atomic E-state index is 10.4. The van der Waals surface area contributed by atoms with Gasteiger partial charge in [0.2, 0.25) is 0 Å². The zero-order valence-corrected chi connectivity index (χ0v) is 7.47. The first kappa shape index (κ1) is 10.2. The average molecular weight is 198 g/mol. The van der Waals surface area contributed by atoms with Crippen molar-refractivity contribution in [3.8, 4) is 0 Å². The highest BCUT2D eigenvalue weighted by Crippen LogP contribution is 2.14. The summed E-state index contributed by atoms with van der Waals surface area (Å²) in [6.07, 6.45) is 0.997. The molecule has 1 heterocycles. The smallest absolute Gasteiger partial charge is 0.309 e. The second-order valence-electron chi connectivity index (χ2n) is 2.74. The number of carboxylic acids is 1. The molecule has 0 fully saturated rings. The van der Waals surface area contributed by atoms with Gasteiger partial charge in [0.1, 0.15) is 11.9 Å². The second-order valence-corrected chi connectivity index (χ2v) is 2.74. The maximum absolute atomic E-state index is 10.4. The second kappa shape index (κ2) is 3.86. The summed E-state index contributed by atoms with van der Waals surface area (Å²) in [5, 5.41) is 24.3. The topological polar surface area (TPSA) is 101 Å². The Kier molecular flexibility index (Phi) is 2.80. The molecule has 0 bridgehead atoms. The minimum absolute atomic E-state index is 0.0804. The normalized spacial score (nSPS) is 10.1. The van der Waals surface area contributed by atoms with Gasteiger partial charge in [-0.25, -0.2) is 0 Å². The predicted molar refractivity (Wildman–Crippen MR) is 43.2 cm³/mol. The van der Waals surface area contributed by atoms with Crippen LogP contribution >= 0.6 is 0 Å². The molecule has 0 N–H and O–H groups in total. The monoisotopic (exact) mass is 198 g/mol. The Balaban J connectivity index is 2.76. The molecule has 7 nitrogen and oxygen atoms in total. The van der Waals surface area contributed by atoms with Crippen LogP contribution in [-0.2, 0) is 11.3 Å². The lowest BCUT2D eigenvalue weighted by molar-refractivity contribution is -0.385. The molecule has 0 radical (unpaired) electrons. The van der Waals surface area contributed by atoms with Gasteiger partial charge in [-0.1, -0.05) is 0 Å². The van der Waals surface area contributed by atoms with Crippen LogP contribution in [0.25, 0.3) is 0 Å². The number of nitrogens with zero attached hydrogens (tertiary/aromatic N) is 3. The highest BCUT2D eigenvalue weighted by atomic mass is 16.6. The van der Waals surface area contributed by atoms with Crippen LogP contribution in [0, 0.1) is 17.0 Å². The molecule has 0 aromatic carbocycles. The first-order valence-electron chi connectivity index (χ1n) is 3.89. The van der Waals surface area contributed by atoms with Crippen LogP contribution in [0.2, 0.25) is 0 Å². The number of carbonyl (C=O) groups excluding carboxylic acids is 1. The van der Waals surface area contributed by atoms with Gasteiger partial charge in [-0.3, -0.25) is 14.8 Å². The number of hydrogen-bond donors (Lipinski definition) is 0. The third kappa shape index (κ3) is 2.28. The lowest BCUT2D eigenvalue weighted by Crippen LogP contribution is -2.23. The number of hydrogen-bond acceptors (Lipinski definition) is 5. The van der Waals surface area contributed by atoms with Crippen LogP contribution < -0.4 is 5.11 Å². The van der Waals surface area contributed by atoms with Gasteiger partial charge in [0.15, 0.2) is 0 Å². The Morgan fingerprint density at radius 1 is 1.71 bits per heavy atom. The minimum Gasteiger partial charge on any atom is -0.550 e. The first-order chi connectivity index (χ1) is 6.50. The molecule has 1 aromatic heterocycles. The number of aliphatic carboxylic acids is 1. The third-order valence-electron chi connectivity index (χ3n) is 1.66. The molecule has 1 aromatic rings. The highest BCUT2D eigenvalue weighted by Gasteiger charge is 2.14. The zero-order valence-electron chi connectivity index (χ0n) is 7.47. The third-order valence-corrected chi connectivity index (χ3v) is 1.66. The summed E-state index contributed by atoms with van der Waals surface area (Å²) in [5.41, 5.74) is 0.164. The Hall–Kier alpha value is -1.92. The van der Waals surface area contributed by atoms with E-state index in [0.29, 0.717) is 0 Å². The number of rotatable bonds is 4. The molecule has 76 valence electrons. The Bertz CT molecular complexity index is 371. The molecule has 0 saturated heterocycles. The lowest BCUT2D eigenvalue weighted by Gasteiger charge is -2.00. The van der Waals surface area contributed by atoms with Crippen molar-refractivity contribution in [2.45, 2.75) is 19.9 Å². The summed E-state index contributed by atoms with van der Waals surface area (Å²) in [5.74, 6) is -1.21. The van der Waals surface area contributed by atoms with Crippen LogP contribution in [0.5, 0.6) is 0 Å². The van der Waals surface area contributed by atoms with E-state index < -0.39 is 10.9 Å². The molecule has 0 aliphatic carbocycles. The van der Waals surface area contributed by atoms with Gasteiger partial charge < -0.3 is 9.90 Å². The molecule has 0 aliphatic rings. The summed E-state index contributed by atoms with van der Waals surface area (Å²) in [6, 6.07) is 0. The van der Waals surface area contributed by atoms with Crippen molar-refractivity contribution in [2.75, 3.05) is 0 Å². The van der Waals surface area contributed by atoms with Crippen LogP contribution in [0.4, 0.5) is 5.69 Å². The van der Waals surface area contributed by atoms with E-state index in [4.69, 9.17) is 0 Å². The van der Waals surface area contributed by atoms with Crippen molar-refractivity contribution in [2.24, 2.45) is 0 Å². The van der Waals surface area contributed by atoms with Crippen LogP contribution in [0.3, 0.4) is 0 Å². The van der Waals surface area contributed by atoms with Crippen molar-refractivity contribution in [3.63, 3.8) is 0 Å². The molecule has 0 aliphatic heterocycles. The molecule has 0 amide bonds. The van der Waals surface area contributed by atoms with Gasteiger partial charge in [-0.2, -0.15) is 5.10 Å². The van der Waals surface area contributed by atoms with E-state index in [9.17, 15) is 20.0 Å². The standard InChI is InChI=1S/C7H9N3O4/c1-5-6(10(13)14)4-9(8-5)3-2-7(11)12/h4H,2-3H2,1H3,(H,11,12)/p-1. The van der Waals surface area contributed by atoms with E-state index in [1.54, 1.807) is 0 Å². The van der Waals surface area contributed by atoms with Crippen LogP contribution in [0.15, 0.2) is 6.20 Å². The maximum Gasteiger partial charge on any atom is 0.309 e. The molecule has 0 unspecified atom stereocenters. The summed E-state index contributed by atoms with van der Waals surface area (Å²) in [6.45, 7) is 1.57. The van der Waals surface area contributed by atoms with E-state index in [2.05, 4.69) is 5.10 Å². The fourth-order valence-corrected chi connectivity index (χ4v) is 1.01. The van der Waals surface area contributed by atoms with Crippen molar-refractivity contribution >= 4 is 11.7 Å². The number of carbonyl (C=O) groups is 1. The van der Waals surface area contributed by atoms with Crippen molar-refractivity contribution in [3.05, 3.63) is 22.0 Å². The number of nitro groups is 1. The van der Waals surface area contributed by atoms with Gasteiger partial charge >= 0.3 is 5.69 Å². The van der Waals surface area contributed by atoms with E-state index in [0.717, 1.165) is 0 Å². The van der Waals surface area contributed by atoms with Gasteiger partial charge in [-0.15, -0.1) is 0 Å². The molecule has 0 atom stereocenters. The van der Waals surface area contributed by atoms with E-state index in [1.807, 2.05) is 0 Å². The summed E-state index contributed by atoms with van der Waals surface area (Å²) in [7, 11) is 0. The van der Waals surface area contributed by atoms with Crippen LogP contribution in [-0.4, -0.2) is 20.7 Å². The highest BCUT2D eigenvalue weighted by molar-refractivity contribution is 5.64. The minimum atomic E-state index is -1.21. The summed E-state index contributed by atoms with van der Waals surface area (Å²) in [4.78, 5) is 20.0. The number of aryl methyl sites for hydroxylation is 2. The number of aromatic nitrogens is 2. The predicted octanol–water partition coefficient (Wildman–Crippen LogP) is -0.760. The first-order valence-corrected chi connectivity index (χ1v) is 3.89. The molecule has 7 heteroatoms. The average Bonchev–Trinajstić information content (AvgIpc) is 2.43. The largest absolute Gasteiger partial charge is 0.550 e. The zero-order chi connectivity index (χ0) is 10.7. The fraction of sp³-hybridized carbons (Fsp3) is 0.429. The van der Waals surface area contributed by atoms with Gasteiger partial charge in [0, 0.05) is 18.9 Å². The molecular formula is C7H8N3O4-. The fourth-order valence-electron chi connectivity index (χ4n) is 1.01. The summed E-state index contributed by atoms with van der Waals surface area (Å²) < 4.78 is 1.23. The Morgan fingerprint density at radius 2 is 2.36 bits per heavy atom. The summed E-state index contributed by atoms with van der Waals surface area (Å²) >= 11 is 0. The van der Waals surface area contributed by atoms with Crippen molar-refractivity contribution in [1.82, 2.24) is 9.78 Å². The SMILES string of the molecule is Cc1nn(CCC(=O)[O-])cc1[N+](=O)[O-]. The van der Waals surface area contributed by atoms with Crippen LogP contribution in [0.1, 0.15) is 12.1 Å². The van der Waals surface area contributed by atoms with Gasteiger partial charge in [0.05, 0.1) is 4.92 Å². The molecule has 0 saturated carbocycles. The quantitative estimate of drug-likeness (QED) is 0.467. The molecular weight excluding hydrogens is 190 g/mol. The Morgan fingerprint density at radius 3 is 2.79 bits per heavy atom. The van der Waals surface area contributed by atoms with E-state index in [1.165, 1.54) is 17.8 Å². The van der Waals surface area contributed by atoms with E-state index in [-0.39, 0.29) is 24.3 Å². The molecule has 0 spiro atoms. The van der Waals surface area contributed by atoms with Gasteiger partial charge in [-0.05, 0) is 6.92 Å².